The SMILES string of the molecule is NC(=O)CC1(COc2ccc(F)cc2)CCN(S(=O)(=O)c2ccc(F)cc2F)CC1. The van der Waals surface area contributed by atoms with Gasteiger partial charge in [-0.1, -0.05) is 0 Å². The van der Waals surface area contributed by atoms with Crippen LogP contribution in [0.1, 0.15) is 19.3 Å². The van der Waals surface area contributed by atoms with Crippen LogP contribution in [0.2, 0.25) is 0 Å². The van der Waals surface area contributed by atoms with Crippen molar-refractivity contribution in [3.63, 3.8) is 0 Å². The maximum atomic E-state index is 14.0. The number of primary amides is 1. The van der Waals surface area contributed by atoms with Crippen molar-refractivity contribution in [3.8, 4) is 5.75 Å². The first-order valence-electron chi connectivity index (χ1n) is 9.23. The standard InChI is InChI=1S/C20H21F3N2O4S/c21-14-1-4-16(5-2-14)29-13-20(12-19(24)26)7-9-25(10-8-20)30(27,28)18-6-3-15(22)11-17(18)23/h1-6,11H,7-10,12-13H2,(H2,24,26). The lowest BCUT2D eigenvalue weighted by molar-refractivity contribution is -0.121. The van der Waals surface area contributed by atoms with E-state index < -0.39 is 43.7 Å². The summed E-state index contributed by atoms with van der Waals surface area (Å²) in [5.41, 5.74) is 4.67. The molecule has 1 fully saturated rings. The number of carbonyl (C=O) groups excluding carboxylic acids is 1. The van der Waals surface area contributed by atoms with E-state index in [1.807, 2.05) is 0 Å². The molecular weight excluding hydrogens is 421 g/mol. The average molecular weight is 442 g/mol. The van der Waals surface area contributed by atoms with Gasteiger partial charge in [0.05, 0.1) is 6.61 Å². The smallest absolute Gasteiger partial charge is 0.245 e. The predicted octanol–water partition coefficient (Wildman–Crippen LogP) is 2.83. The van der Waals surface area contributed by atoms with Gasteiger partial charge in [0.1, 0.15) is 28.1 Å². The number of halogens is 3. The molecule has 0 bridgehead atoms. The molecule has 1 saturated heterocycles. The van der Waals surface area contributed by atoms with Crippen LogP contribution in [0.4, 0.5) is 13.2 Å². The maximum absolute atomic E-state index is 14.0. The van der Waals surface area contributed by atoms with Gasteiger partial charge in [-0.2, -0.15) is 4.31 Å². The number of rotatable bonds is 7. The monoisotopic (exact) mass is 442 g/mol. The highest BCUT2D eigenvalue weighted by Gasteiger charge is 2.41. The summed E-state index contributed by atoms with van der Waals surface area (Å²) in [7, 11) is -4.17. The maximum Gasteiger partial charge on any atom is 0.245 e. The van der Waals surface area contributed by atoms with Crippen LogP contribution in [0.25, 0.3) is 0 Å². The van der Waals surface area contributed by atoms with Crippen LogP contribution in [-0.4, -0.2) is 38.3 Å². The second-order valence-electron chi connectivity index (χ2n) is 7.36. The number of sulfonamides is 1. The molecule has 0 unspecified atom stereocenters. The highest BCUT2D eigenvalue weighted by molar-refractivity contribution is 7.89. The molecule has 0 spiro atoms. The van der Waals surface area contributed by atoms with Crippen LogP contribution in [-0.2, 0) is 14.8 Å². The first-order chi connectivity index (χ1) is 14.1. The lowest BCUT2D eigenvalue weighted by Gasteiger charge is -2.40. The number of carbonyl (C=O) groups is 1. The normalized spacial score (nSPS) is 16.9. The van der Waals surface area contributed by atoms with Gasteiger partial charge < -0.3 is 10.5 Å². The van der Waals surface area contributed by atoms with E-state index in [0.29, 0.717) is 11.8 Å². The van der Waals surface area contributed by atoms with Crippen molar-refractivity contribution in [3.05, 3.63) is 59.9 Å². The Bertz CT molecular complexity index is 1020. The largest absolute Gasteiger partial charge is 0.493 e. The molecule has 30 heavy (non-hydrogen) atoms. The van der Waals surface area contributed by atoms with Gasteiger partial charge in [-0.15, -0.1) is 0 Å². The minimum absolute atomic E-state index is 0.0131. The predicted molar refractivity (Wildman–Crippen MR) is 102 cm³/mol. The van der Waals surface area contributed by atoms with Crippen molar-refractivity contribution < 1.29 is 31.1 Å². The summed E-state index contributed by atoms with van der Waals surface area (Å²) in [5, 5.41) is 0. The molecule has 0 aliphatic carbocycles. The number of piperidine rings is 1. The summed E-state index contributed by atoms with van der Waals surface area (Å²) in [6.07, 6.45) is 0.478. The Labute approximate surface area is 172 Å². The van der Waals surface area contributed by atoms with Crippen molar-refractivity contribution in [1.82, 2.24) is 4.31 Å². The van der Waals surface area contributed by atoms with Gasteiger partial charge in [0.2, 0.25) is 15.9 Å². The van der Waals surface area contributed by atoms with Gasteiger partial charge in [-0.05, 0) is 49.2 Å². The molecule has 2 N–H and O–H groups in total. The summed E-state index contributed by atoms with van der Waals surface area (Å²) in [6, 6.07) is 7.67. The number of nitrogens with two attached hydrogens (primary N) is 1. The van der Waals surface area contributed by atoms with Crippen molar-refractivity contribution in [2.75, 3.05) is 19.7 Å². The lowest BCUT2D eigenvalue weighted by Crippen LogP contribution is -2.47. The van der Waals surface area contributed by atoms with E-state index in [4.69, 9.17) is 10.5 Å². The van der Waals surface area contributed by atoms with Gasteiger partial charge in [-0.3, -0.25) is 4.79 Å². The third-order valence-electron chi connectivity index (χ3n) is 5.20. The molecule has 0 saturated carbocycles. The Morgan fingerprint density at radius 1 is 1.03 bits per heavy atom. The molecule has 0 radical (unpaired) electrons. The van der Waals surface area contributed by atoms with E-state index in [9.17, 15) is 26.4 Å². The molecular formula is C20H21F3N2O4S. The van der Waals surface area contributed by atoms with Crippen LogP contribution in [0.3, 0.4) is 0 Å². The minimum atomic E-state index is -4.17. The van der Waals surface area contributed by atoms with Crippen LogP contribution in [0.5, 0.6) is 5.75 Å². The highest BCUT2D eigenvalue weighted by Crippen LogP contribution is 2.37. The Morgan fingerprint density at radius 2 is 1.63 bits per heavy atom. The third kappa shape index (κ3) is 4.93. The fourth-order valence-corrected chi connectivity index (χ4v) is 5.02. The van der Waals surface area contributed by atoms with E-state index in [1.165, 1.54) is 24.3 Å². The van der Waals surface area contributed by atoms with Crippen LogP contribution < -0.4 is 10.5 Å². The third-order valence-corrected chi connectivity index (χ3v) is 7.13. The average Bonchev–Trinajstić information content (AvgIpc) is 2.67. The molecule has 1 amide bonds. The Balaban J connectivity index is 1.74. The summed E-state index contributed by atoms with van der Waals surface area (Å²) in [6.45, 7) is 0.110. The Hall–Kier alpha value is -2.59. The minimum Gasteiger partial charge on any atom is -0.493 e. The number of benzene rings is 2. The van der Waals surface area contributed by atoms with Crippen molar-refractivity contribution in [2.24, 2.45) is 11.1 Å². The van der Waals surface area contributed by atoms with E-state index in [1.54, 1.807) is 0 Å². The molecule has 6 nitrogen and oxygen atoms in total. The van der Waals surface area contributed by atoms with Crippen LogP contribution in [0, 0.1) is 22.9 Å². The first kappa shape index (κ1) is 22.1. The zero-order valence-electron chi connectivity index (χ0n) is 16.0. The summed E-state index contributed by atoms with van der Waals surface area (Å²) < 4.78 is 72.5. The zero-order valence-corrected chi connectivity index (χ0v) is 16.8. The van der Waals surface area contributed by atoms with Gasteiger partial charge >= 0.3 is 0 Å². The molecule has 162 valence electrons. The van der Waals surface area contributed by atoms with Gasteiger partial charge in [0.25, 0.3) is 0 Å². The number of nitrogens with zero attached hydrogens (tertiary/aromatic N) is 1. The quantitative estimate of drug-likeness (QED) is 0.714. The topological polar surface area (TPSA) is 89.7 Å². The molecule has 0 atom stereocenters. The van der Waals surface area contributed by atoms with E-state index in [2.05, 4.69) is 0 Å². The molecule has 3 rings (SSSR count). The molecule has 1 aliphatic rings. The van der Waals surface area contributed by atoms with E-state index in [-0.39, 0.29) is 39.0 Å². The number of amides is 1. The molecule has 2 aromatic carbocycles. The second-order valence-corrected chi connectivity index (χ2v) is 9.27. The summed E-state index contributed by atoms with van der Waals surface area (Å²) >= 11 is 0. The van der Waals surface area contributed by atoms with Crippen molar-refractivity contribution in [1.29, 1.82) is 0 Å². The van der Waals surface area contributed by atoms with Gasteiger partial charge in [-0.25, -0.2) is 21.6 Å². The zero-order chi connectivity index (χ0) is 21.9. The highest BCUT2D eigenvalue weighted by atomic mass is 32.2. The van der Waals surface area contributed by atoms with E-state index >= 15 is 0 Å². The summed E-state index contributed by atoms with van der Waals surface area (Å²) in [5.74, 6) is -2.60. The molecule has 1 aliphatic heterocycles. The lowest BCUT2D eigenvalue weighted by atomic mass is 9.76. The van der Waals surface area contributed by atoms with Crippen LogP contribution in [0.15, 0.2) is 47.4 Å². The molecule has 10 heteroatoms. The Morgan fingerprint density at radius 3 is 2.20 bits per heavy atom. The molecule has 1 heterocycles. The van der Waals surface area contributed by atoms with Crippen molar-refractivity contribution in [2.45, 2.75) is 24.2 Å². The van der Waals surface area contributed by atoms with E-state index in [0.717, 1.165) is 16.4 Å². The number of hydrogen-bond donors (Lipinski definition) is 1. The van der Waals surface area contributed by atoms with Gasteiger partial charge in [0.15, 0.2) is 0 Å². The second kappa shape index (κ2) is 8.65. The number of hydrogen-bond acceptors (Lipinski definition) is 4. The van der Waals surface area contributed by atoms with Gasteiger partial charge in [0, 0.05) is 31.0 Å². The summed E-state index contributed by atoms with van der Waals surface area (Å²) in [4.78, 5) is 11.0. The van der Waals surface area contributed by atoms with Crippen LogP contribution >= 0.6 is 0 Å². The molecule has 2 aromatic rings. The fourth-order valence-electron chi connectivity index (χ4n) is 3.53. The van der Waals surface area contributed by atoms with Crippen molar-refractivity contribution >= 4 is 15.9 Å². The number of ether oxygens (including phenoxy) is 1. The fraction of sp³-hybridized carbons (Fsp3) is 0.350. The first-order valence-corrected chi connectivity index (χ1v) is 10.7. The Kier molecular flexibility index (Phi) is 6.37. The molecule has 0 aromatic heterocycles.